The van der Waals surface area contributed by atoms with Crippen LogP contribution in [0.15, 0.2) is 48.5 Å². The van der Waals surface area contributed by atoms with Gasteiger partial charge in [-0.05, 0) is 37.1 Å². The van der Waals surface area contributed by atoms with Crippen LogP contribution in [0.4, 0.5) is 18.9 Å². The predicted octanol–water partition coefficient (Wildman–Crippen LogP) is 4.88. The van der Waals surface area contributed by atoms with Crippen molar-refractivity contribution in [2.45, 2.75) is 39.5 Å². The van der Waals surface area contributed by atoms with Gasteiger partial charge in [0.15, 0.2) is 6.04 Å². The first kappa shape index (κ1) is 22.6. The lowest BCUT2D eigenvalue weighted by Crippen LogP contribution is -2.47. The van der Waals surface area contributed by atoms with Crippen LogP contribution in [0, 0.1) is 13.8 Å². The molecule has 33 heavy (non-hydrogen) atoms. The smallest absolute Gasteiger partial charge is 0.330 e. The van der Waals surface area contributed by atoms with E-state index in [1.165, 1.54) is 17.9 Å². The molecule has 2 aromatic carbocycles. The Morgan fingerprint density at radius 1 is 1.09 bits per heavy atom. The summed E-state index contributed by atoms with van der Waals surface area (Å²) in [4.78, 5) is 26.0. The third-order valence-corrected chi connectivity index (χ3v) is 5.56. The van der Waals surface area contributed by atoms with Crippen LogP contribution in [0.2, 0.25) is 0 Å². The van der Waals surface area contributed by atoms with Crippen molar-refractivity contribution in [3.63, 3.8) is 0 Å². The predicted molar refractivity (Wildman–Crippen MR) is 118 cm³/mol. The number of amides is 2. The molecule has 1 aliphatic heterocycles. The van der Waals surface area contributed by atoms with Gasteiger partial charge in [-0.15, -0.1) is 0 Å². The van der Waals surface area contributed by atoms with E-state index in [2.05, 4.69) is 10.4 Å². The van der Waals surface area contributed by atoms with E-state index in [0.717, 1.165) is 21.4 Å². The summed E-state index contributed by atoms with van der Waals surface area (Å²) in [6.07, 6.45) is -4.60. The quantitative estimate of drug-likeness (QED) is 0.608. The molecule has 1 aliphatic rings. The third kappa shape index (κ3) is 4.62. The number of hydrogen-bond donors (Lipinski definition) is 1. The first-order valence-corrected chi connectivity index (χ1v) is 10.4. The maximum absolute atomic E-state index is 14.0. The van der Waals surface area contributed by atoms with Crippen molar-refractivity contribution in [3.8, 4) is 11.3 Å². The van der Waals surface area contributed by atoms with Gasteiger partial charge in [-0.25, -0.2) is 4.68 Å². The van der Waals surface area contributed by atoms with Gasteiger partial charge in [-0.2, -0.15) is 18.3 Å². The van der Waals surface area contributed by atoms with Crippen LogP contribution in [0.1, 0.15) is 40.1 Å². The first-order valence-electron chi connectivity index (χ1n) is 10.4. The lowest BCUT2D eigenvalue weighted by molar-refractivity contribution is -0.175. The molecule has 0 saturated heterocycles. The Hall–Kier alpha value is -3.62. The zero-order valence-corrected chi connectivity index (χ0v) is 18.4. The Bertz CT molecular complexity index is 1220. The van der Waals surface area contributed by atoms with Crippen LogP contribution in [0.5, 0.6) is 0 Å². The Morgan fingerprint density at radius 2 is 1.76 bits per heavy atom. The molecular weight excluding hydrogens is 433 g/mol. The lowest BCUT2D eigenvalue weighted by Gasteiger charge is -2.34. The number of carbonyl (C=O) groups excluding carboxylic acids is 2. The maximum atomic E-state index is 14.0. The van der Waals surface area contributed by atoms with Crippen LogP contribution >= 0.6 is 0 Å². The van der Waals surface area contributed by atoms with Crippen molar-refractivity contribution < 1.29 is 22.8 Å². The molecule has 4 rings (SSSR count). The van der Waals surface area contributed by atoms with E-state index in [1.54, 1.807) is 30.3 Å². The van der Waals surface area contributed by atoms with Crippen LogP contribution in [-0.4, -0.2) is 39.2 Å². The normalized spacial score (nSPS) is 16.0. The van der Waals surface area contributed by atoms with E-state index in [0.29, 0.717) is 11.3 Å². The minimum atomic E-state index is -4.60. The summed E-state index contributed by atoms with van der Waals surface area (Å²) >= 11 is 0. The van der Waals surface area contributed by atoms with E-state index < -0.39 is 24.7 Å². The molecule has 0 aliphatic carbocycles. The summed E-state index contributed by atoms with van der Waals surface area (Å²) in [5.74, 6) is -0.845. The monoisotopic (exact) mass is 456 g/mol. The van der Waals surface area contributed by atoms with E-state index in [4.69, 9.17) is 0 Å². The molecule has 2 heterocycles. The van der Waals surface area contributed by atoms with Crippen LogP contribution in [0.25, 0.3) is 11.3 Å². The Morgan fingerprint density at radius 3 is 2.39 bits per heavy atom. The number of aromatic nitrogens is 2. The van der Waals surface area contributed by atoms with Gasteiger partial charge in [0.2, 0.25) is 5.91 Å². The third-order valence-electron chi connectivity index (χ3n) is 5.56. The van der Waals surface area contributed by atoms with Gasteiger partial charge in [0.25, 0.3) is 5.91 Å². The highest BCUT2D eigenvalue weighted by molar-refractivity contribution is 5.97. The number of hydrogen-bond acceptors (Lipinski definition) is 3. The molecule has 0 saturated carbocycles. The second-order valence-electron chi connectivity index (χ2n) is 8.32. The Kier molecular flexibility index (Phi) is 5.73. The molecule has 1 N–H and O–H groups in total. The molecule has 2 amide bonds. The molecule has 1 unspecified atom stereocenters. The SMILES string of the molecule is CC(=O)Nc1cc(C)ccc1-c1cc2n(n1)C(C(F)(F)F)CN(Cc1ccc(C)cc1)C2=O. The molecule has 1 atom stereocenters. The fraction of sp³-hybridized carbons (Fsp3) is 0.292. The van der Waals surface area contributed by atoms with E-state index >= 15 is 0 Å². The van der Waals surface area contributed by atoms with E-state index in [9.17, 15) is 22.8 Å². The highest BCUT2D eigenvalue weighted by atomic mass is 19.4. The van der Waals surface area contributed by atoms with Gasteiger partial charge in [0.1, 0.15) is 5.69 Å². The van der Waals surface area contributed by atoms with Crippen molar-refractivity contribution >= 4 is 17.5 Å². The number of nitrogens with one attached hydrogen (secondary N) is 1. The standard InChI is InChI=1S/C24H23F3N4O2/c1-14-4-7-17(8-5-14)12-30-13-22(24(25,26)27)31-21(23(30)33)11-20(29-31)18-9-6-15(2)10-19(18)28-16(3)32/h4-11,22H,12-13H2,1-3H3,(H,28,32). The van der Waals surface area contributed by atoms with Gasteiger partial charge < -0.3 is 10.2 Å². The molecule has 0 spiro atoms. The summed E-state index contributed by atoms with van der Waals surface area (Å²) in [5, 5.41) is 6.85. The summed E-state index contributed by atoms with van der Waals surface area (Å²) in [5.41, 5.74) is 3.54. The molecule has 3 aromatic rings. The molecule has 1 aromatic heterocycles. The Balaban J connectivity index is 1.76. The molecule has 9 heteroatoms. The van der Waals surface area contributed by atoms with Gasteiger partial charge in [-0.1, -0.05) is 42.0 Å². The summed E-state index contributed by atoms with van der Waals surface area (Å²) in [6, 6.07) is 11.9. The number of benzene rings is 2. The topological polar surface area (TPSA) is 67.2 Å². The number of nitrogens with zero attached hydrogens (tertiary/aromatic N) is 3. The van der Waals surface area contributed by atoms with E-state index in [1.807, 2.05) is 26.0 Å². The lowest BCUT2D eigenvalue weighted by atomic mass is 10.1. The highest BCUT2D eigenvalue weighted by Gasteiger charge is 2.48. The number of anilines is 1. The average Bonchev–Trinajstić information content (AvgIpc) is 3.15. The first-order chi connectivity index (χ1) is 15.5. The zero-order valence-electron chi connectivity index (χ0n) is 18.4. The van der Waals surface area contributed by atoms with Gasteiger partial charge in [0, 0.05) is 19.0 Å². The van der Waals surface area contributed by atoms with Crippen molar-refractivity contribution in [3.05, 3.63) is 70.9 Å². The van der Waals surface area contributed by atoms with Gasteiger partial charge in [-0.3, -0.25) is 9.59 Å². The minimum Gasteiger partial charge on any atom is -0.330 e. The van der Waals surface area contributed by atoms with Crippen molar-refractivity contribution in [2.75, 3.05) is 11.9 Å². The minimum absolute atomic E-state index is 0.0634. The molecule has 0 radical (unpaired) electrons. The van der Waals surface area contributed by atoms with Crippen molar-refractivity contribution in [1.82, 2.24) is 14.7 Å². The largest absolute Gasteiger partial charge is 0.412 e. The summed E-state index contributed by atoms with van der Waals surface area (Å²) in [6.45, 7) is 4.62. The number of fused-ring (bicyclic) bond motifs is 1. The number of carbonyl (C=O) groups is 2. The van der Waals surface area contributed by atoms with Crippen LogP contribution in [0.3, 0.4) is 0 Å². The van der Waals surface area contributed by atoms with Crippen LogP contribution in [-0.2, 0) is 11.3 Å². The molecule has 172 valence electrons. The number of rotatable bonds is 4. The van der Waals surface area contributed by atoms with Gasteiger partial charge in [0.05, 0.1) is 17.9 Å². The maximum Gasteiger partial charge on any atom is 0.412 e. The number of aryl methyl sites for hydroxylation is 2. The fourth-order valence-electron chi connectivity index (χ4n) is 3.92. The second-order valence-corrected chi connectivity index (χ2v) is 8.32. The number of halogens is 3. The number of alkyl halides is 3. The molecule has 0 bridgehead atoms. The summed E-state index contributed by atoms with van der Waals surface area (Å²) < 4.78 is 42.7. The molecular formula is C24H23F3N4O2. The average molecular weight is 456 g/mol. The molecule has 6 nitrogen and oxygen atoms in total. The van der Waals surface area contributed by atoms with Gasteiger partial charge >= 0.3 is 6.18 Å². The summed E-state index contributed by atoms with van der Waals surface area (Å²) in [7, 11) is 0. The van der Waals surface area contributed by atoms with Crippen molar-refractivity contribution in [2.24, 2.45) is 0 Å². The zero-order chi connectivity index (χ0) is 23.9. The van der Waals surface area contributed by atoms with Crippen LogP contribution < -0.4 is 5.32 Å². The van der Waals surface area contributed by atoms with Crippen molar-refractivity contribution in [1.29, 1.82) is 0 Å². The van der Waals surface area contributed by atoms with E-state index in [-0.39, 0.29) is 23.8 Å². The second kappa shape index (κ2) is 8.38. The Labute approximate surface area is 189 Å². The fourth-order valence-corrected chi connectivity index (χ4v) is 3.92. The highest BCUT2D eigenvalue weighted by Crippen LogP contribution is 2.38. The molecule has 0 fully saturated rings.